The van der Waals surface area contributed by atoms with E-state index in [1.54, 1.807) is 6.20 Å². The van der Waals surface area contributed by atoms with Gasteiger partial charge in [-0.1, -0.05) is 30.3 Å². The van der Waals surface area contributed by atoms with Crippen molar-refractivity contribution in [3.63, 3.8) is 0 Å². The second-order valence-corrected chi connectivity index (χ2v) is 3.48. The van der Waals surface area contributed by atoms with Gasteiger partial charge in [0.1, 0.15) is 6.07 Å². The number of rotatable bonds is 2. The van der Waals surface area contributed by atoms with Crippen LogP contribution in [0.25, 0.3) is 0 Å². The van der Waals surface area contributed by atoms with Gasteiger partial charge in [0.05, 0.1) is 12.1 Å². The molecule has 1 heterocycles. The first-order chi connectivity index (χ1) is 7.79. The molecule has 0 saturated carbocycles. The molecular formula is C13H10N2O. The molecule has 0 aliphatic carbocycles. The van der Waals surface area contributed by atoms with Crippen LogP contribution in [0.15, 0.2) is 53.5 Å². The van der Waals surface area contributed by atoms with Gasteiger partial charge in [0, 0.05) is 12.3 Å². The van der Waals surface area contributed by atoms with E-state index in [9.17, 15) is 4.79 Å². The summed E-state index contributed by atoms with van der Waals surface area (Å²) in [6.45, 7) is 0.495. The molecule has 78 valence electrons. The molecular weight excluding hydrogens is 200 g/mol. The smallest absolute Gasteiger partial charge is 0.250 e. The second-order valence-electron chi connectivity index (χ2n) is 3.48. The average molecular weight is 210 g/mol. The van der Waals surface area contributed by atoms with Gasteiger partial charge in [0.15, 0.2) is 0 Å². The van der Waals surface area contributed by atoms with Gasteiger partial charge in [-0.2, -0.15) is 5.26 Å². The van der Waals surface area contributed by atoms with Gasteiger partial charge < -0.3 is 4.57 Å². The lowest BCUT2D eigenvalue weighted by atomic mass is 10.2. The van der Waals surface area contributed by atoms with Crippen molar-refractivity contribution >= 4 is 0 Å². The predicted octanol–water partition coefficient (Wildman–Crippen LogP) is 1.77. The molecule has 1 aromatic carbocycles. The molecule has 2 aromatic rings. The van der Waals surface area contributed by atoms with Crippen molar-refractivity contribution in [2.75, 3.05) is 0 Å². The normalized spacial score (nSPS) is 9.69. The van der Waals surface area contributed by atoms with E-state index in [2.05, 4.69) is 0 Å². The van der Waals surface area contributed by atoms with Crippen LogP contribution in [0.5, 0.6) is 0 Å². The summed E-state index contributed by atoms with van der Waals surface area (Å²) in [5.74, 6) is 0. The molecule has 1 aromatic heterocycles. The molecule has 0 atom stereocenters. The molecule has 0 saturated heterocycles. The summed E-state index contributed by atoms with van der Waals surface area (Å²) in [7, 11) is 0. The first kappa shape index (κ1) is 10.2. The van der Waals surface area contributed by atoms with Gasteiger partial charge in [-0.15, -0.1) is 0 Å². The minimum atomic E-state index is -0.0946. The minimum absolute atomic E-state index is 0.0946. The molecule has 0 radical (unpaired) electrons. The van der Waals surface area contributed by atoms with E-state index < -0.39 is 0 Å². The molecule has 0 amide bonds. The molecule has 0 spiro atoms. The van der Waals surface area contributed by atoms with E-state index in [1.165, 1.54) is 16.7 Å². The third kappa shape index (κ3) is 2.18. The first-order valence-corrected chi connectivity index (χ1v) is 4.94. The summed E-state index contributed by atoms with van der Waals surface area (Å²) in [6, 6.07) is 14.6. The Labute approximate surface area is 93.2 Å². The van der Waals surface area contributed by atoms with Crippen molar-refractivity contribution in [2.24, 2.45) is 0 Å². The summed E-state index contributed by atoms with van der Waals surface area (Å²) >= 11 is 0. The summed E-state index contributed by atoms with van der Waals surface area (Å²) in [6.07, 6.45) is 1.58. The van der Waals surface area contributed by atoms with Crippen molar-refractivity contribution < 1.29 is 0 Å². The van der Waals surface area contributed by atoms with Crippen LogP contribution in [-0.2, 0) is 6.54 Å². The number of nitriles is 1. The van der Waals surface area contributed by atoms with Crippen LogP contribution >= 0.6 is 0 Å². The summed E-state index contributed by atoms with van der Waals surface area (Å²) in [5, 5.41) is 8.75. The maximum absolute atomic E-state index is 11.5. The summed E-state index contributed by atoms with van der Waals surface area (Å²) < 4.78 is 1.54. The number of aromatic nitrogens is 1. The Balaban J connectivity index is 2.35. The number of pyridine rings is 1. The SMILES string of the molecule is N#Cc1ccc(=O)n(Cc2ccccc2)c1. The Bertz CT molecular complexity index is 579. The van der Waals surface area contributed by atoms with Crippen molar-refractivity contribution in [3.8, 4) is 6.07 Å². The molecule has 0 aliphatic heterocycles. The van der Waals surface area contributed by atoms with Gasteiger partial charge in [-0.25, -0.2) is 0 Å². The fourth-order valence-electron chi connectivity index (χ4n) is 1.50. The highest BCUT2D eigenvalue weighted by atomic mass is 16.1. The Morgan fingerprint density at radius 1 is 1.12 bits per heavy atom. The Hall–Kier alpha value is -2.34. The number of hydrogen-bond donors (Lipinski definition) is 0. The predicted molar refractivity (Wildman–Crippen MR) is 61.0 cm³/mol. The Morgan fingerprint density at radius 2 is 1.88 bits per heavy atom. The third-order valence-corrected chi connectivity index (χ3v) is 2.31. The largest absolute Gasteiger partial charge is 0.310 e. The minimum Gasteiger partial charge on any atom is -0.310 e. The molecule has 0 aliphatic rings. The fourth-order valence-corrected chi connectivity index (χ4v) is 1.50. The highest BCUT2D eigenvalue weighted by Gasteiger charge is 1.99. The number of hydrogen-bond acceptors (Lipinski definition) is 2. The van der Waals surface area contributed by atoms with E-state index in [4.69, 9.17) is 5.26 Å². The van der Waals surface area contributed by atoms with E-state index in [0.717, 1.165) is 5.56 Å². The van der Waals surface area contributed by atoms with Crippen LogP contribution in [0.1, 0.15) is 11.1 Å². The standard InChI is InChI=1S/C13H10N2O/c14-8-12-6-7-13(16)15(10-12)9-11-4-2-1-3-5-11/h1-7,10H,9H2. The molecule has 16 heavy (non-hydrogen) atoms. The molecule has 0 unspecified atom stereocenters. The van der Waals surface area contributed by atoms with Crippen molar-refractivity contribution in [1.29, 1.82) is 5.26 Å². The lowest BCUT2D eigenvalue weighted by molar-refractivity contribution is 0.757. The molecule has 3 nitrogen and oxygen atoms in total. The van der Waals surface area contributed by atoms with Crippen molar-refractivity contribution in [3.05, 3.63) is 70.1 Å². The summed E-state index contributed by atoms with van der Waals surface area (Å²) in [4.78, 5) is 11.5. The summed E-state index contributed by atoms with van der Waals surface area (Å²) in [5.41, 5.74) is 1.44. The molecule has 2 rings (SSSR count). The van der Waals surface area contributed by atoms with Gasteiger partial charge in [0.2, 0.25) is 0 Å². The number of benzene rings is 1. The van der Waals surface area contributed by atoms with Crippen molar-refractivity contribution in [2.45, 2.75) is 6.54 Å². The van der Waals surface area contributed by atoms with E-state index in [-0.39, 0.29) is 5.56 Å². The highest BCUT2D eigenvalue weighted by molar-refractivity contribution is 5.25. The maximum Gasteiger partial charge on any atom is 0.250 e. The van der Waals surface area contributed by atoms with E-state index in [1.807, 2.05) is 36.4 Å². The van der Waals surface area contributed by atoms with Crippen LogP contribution in [0, 0.1) is 11.3 Å². The van der Waals surface area contributed by atoms with Crippen LogP contribution in [0.4, 0.5) is 0 Å². The topological polar surface area (TPSA) is 45.8 Å². The van der Waals surface area contributed by atoms with Gasteiger partial charge in [-0.3, -0.25) is 4.79 Å². The van der Waals surface area contributed by atoms with Crippen LogP contribution in [0.2, 0.25) is 0 Å². The Morgan fingerprint density at radius 3 is 2.56 bits per heavy atom. The van der Waals surface area contributed by atoms with Gasteiger partial charge in [-0.05, 0) is 11.6 Å². The van der Waals surface area contributed by atoms with Gasteiger partial charge in [0.25, 0.3) is 5.56 Å². The molecule has 0 fully saturated rings. The fraction of sp³-hybridized carbons (Fsp3) is 0.0769. The quantitative estimate of drug-likeness (QED) is 0.758. The molecule has 0 bridgehead atoms. The lowest BCUT2D eigenvalue weighted by Crippen LogP contribution is -2.19. The highest BCUT2D eigenvalue weighted by Crippen LogP contribution is 2.01. The monoisotopic (exact) mass is 210 g/mol. The lowest BCUT2D eigenvalue weighted by Gasteiger charge is -2.05. The van der Waals surface area contributed by atoms with Crippen LogP contribution in [0.3, 0.4) is 0 Å². The first-order valence-electron chi connectivity index (χ1n) is 4.94. The molecule has 3 heteroatoms. The Kier molecular flexibility index (Phi) is 2.84. The zero-order valence-electron chi connectivity index (χ0n) is 8.63. The zero-order chi connectivity index (χ0) is 11.4. The zero-order valence-corrected chi connectivity index (χ0v) is 8.63. The van der Waals surface area contributed by atoms with Crippen molar-refractivity contribution in [1.82, 2.24) is 4.57 Å². The second kappa shape index (κ2) is 4.45. The molecule has 0 N–H and O–H groups in total. The van der Waals surface area contributed by atoms with Crippen LogP contribution < -0.4 is 5.56 Å². The maximum atomic E-state index is 11.5. The third-order valence-electron chi connectivity index (χ3n) is 2.31. The number of nitrogens with zero attached hydrogens (tertiary/aromatic N) is 2. The van der Waals surface area contributed by atoms with Crippen LogP contribution in [-0.4, -0.2) is 4.57 Å². The van der Waals surface area contributed by atoms with Gasteiger partial charge >= 0.3 is 0 Å². The van der Waals surface area contributed by atoms with E-state index in [0.29, 0.717) is 12.1 Å². The van der Waals surface area contributed by atoms with E-state index >= 15 is 0 Å². The average Bonchev–Trinajstić information content (AvgIpc) is 2.33.